The van der Waals surface area contributed by atoms with Crippen molar-refractivity contribution in [3.8, 4) is 0 Å². The molecule has 0 aromatic rings. The Morgan fingerprint density at radius 2 is 1.67 bits per heavy atom. The Morgan fingerprint density at radius 1 is 1.13 bits per heavy atom. The Labute approximate surface area is 98.2 Å². The van der Waals surface area contributed by atoms with E-state index in [1.807, 2.05) is 13.8 Å². The van der Waals surface area contributed by atoms with Crippen LogP contribution in [0.4, 0.5) is 0 Å². The summed E-state index contributed by atoms with van der Waals surface area (Å²) in [5, 5.41) is 0. The third-order valence-electron chi connectivity index (χ3n) is 2.45. The maximum Gasteiger partial charge on any atom is 0.212 e. The van der Waals surface area contributed by atoms with Crippen molar-refractivity contribution in [2.75, 3.05) is 13.2 Å². The molecule has 0 aromatic carbocycles. The molecule has 2 nitrogen and oxygen atoms in total. The zero-order chi connectivity index (χ0) is 11.1. The average Bonchev–Trinajstić information content (AvgIpc) is 2.19. The van der Waals surface area contributed by atoms with E-state index in [4.69, 9.17) is 20.9 Å². The molecule has 1 aliphatic carbocycles. The van der Waals surface area contributed by atoms with Crippen LogP contribution in [0.3, 0.4) is 0 Å². The number of allylic oxidation sites excluding steroid dienone is 1. The first-order valence-corrected chi connectivity index (χ1v) is 8.50. The lowest BCUT2D eigenvalue weighted by atomic mass is 9.96. The first-order valence-electron chi connectivity index (χ1n) is 5.79. The molecule has 1 aliphatic rings. The van der Waals surface area contributed by atoms with E-state index in [1.54, 1.807) is 0 Å². The summed E-state index contributed by atoms with van der Waals surface area (Å²) in [5.74, 6) is 2.12. The van der Waals surface area contributed by atoms with Crippen LogP contribution >= 0.6 is 6.49 Å². The van der Waals surface area contributed by atoms with Crippen LogP contribution in [-0.2, 0) is 20.9 Å². The van der Waals surface area contributed by atoms with E-state index >= 15 is 0 Å². The SMILES string of the molecule is CCOP(=S)(C=C1CCCCC1)OCC. The Bertz CT molecular complexity index is 245. The second kappa shape index (κ2) is 6.80. The summed E-state index contributed by atoms with van der Waals surface area (Å²) in [6, 6.07) is 0. The van der Waals surface area contributed by atoms with Crippen molar-refractivity contribution in [2.24, 2.45) is 0 Å². The van der Waals surface area contributed by atoms with Crippen LogP contribution in [0, 0.1) is 0 Å². The van der Waals surface area contributed by atoms with Gasteiger partial charge in [0.05, 0.1) is 13.2 Å². The van der Waals surface area contributed by atoms with Gasteiger partial charge in [-0.05, 0) is 57.2 Å². The van der Waals surface area contributed by atoms with Crippen LogP contribution < -0.4 is 0 Å². The summed E-state index contributed by atoms with van der Waals surface area (Å²) in [6.45, 7) is 3.11. The molecule has 88 valence electrons. The van der Waals surface area contributed by atoms with Crippen molar-refractivity contribution < 1.29 is 9.05 Å². The van der Waals surface area contributed by atoms with Crippen LogP contribution in [-0.4, -0.2) is 13.2 Å². The van der Waals surface area contributed by atoms with Crippen molar-refractivity contribution in [2.45, 2.75) is 46.0 Å². The minimum atomic E-state index is -2.12. The minimum absolute atomic E-state index is 0.640. The Balaban J connectivity index is 2.66. The van der Waals surface area contributed by atoms with Gasteiger partial charge in [0.2, 0.25) is 6.49 Å². The van der Waals surface area contributed by atoms with Crippen molar-refractivity contribution in [3.63, 3.8) is 0 Å². The monoisotopic (exact) mass is 248 g/mol. The third kappa shape index (κ3) is 4.78. The minimum Gasteiger partial charge on any atom is -0.327 e. The number of hydrogen-bond acceptors (Lipinski definition) is 3. The van der Waals surface area contributed by atoms with Gasteiger partial charge in [0.15, 0.2) is 0 Å². The van der Waals surface area contributed by atoms with E-state index in [0.29, 0.717) is 13.2 Å². The molecule has 0 unspecified atom stereocenters. The molecule has 0 aromatic heterocycles. The van der Waals surface area contributed by atoms with Gasteiger partial charge in [0, 0.05) is 0 Å². The quantitative estimate of drug-likeness (QED) is 0.679. The molecule has 0 radical (unpaired) electrons. The molecule has 0 saturated heterocycles. The van der Waals surface area contributed by atoms with Gasteiger partial charge in [0.1, 0.15) is 0 Å². The zero-order valence-corrected chi connectivity index (χ0v) is 11.4. The second-order valence-electron chi connectivity index (χ2n) is 3.72. The second-order valence-corrected chi connectivity index (χ2v) is 7.10. The molecular weight excluding hydrogens is 227 g/mol. The summed E-state index contributed by atoms with van der Waals surface area (Å²) >= 11 is 5.47. The highest BCUT2D eigenvalue weighted by atomic mass is 32.5. The molecule has 1 rings (SSSR count). The van der Waals surface area contributed by atoms with E-state index < -0.39 is 6.49 Å². The van der Waals surface area contributed by atoms with Crippen LogP contribution in [0.2, 0.25) is 0 Å². The Hall–Kier alpha value is 0.310. The molecule has 0 amide bonds. The molecular formula is C11H21O2PS. The molecule has 0 aliphatic heterocycles. The highest BCUT2D eigenvalue weighted by Crippen LogP contribution is 2.52. The first kappa shape index (κ1) is 13.4. The lowest BCUT2D eigenvalue weighted by Crippen LogP contribution is -1.97. The van der Waals surface area contributed by atoms with Gasteiger partial charge in [0.25, 0.3) is 0 Å². The summed E-state index contributed by atoms with van der Waals surface area (Å²) in [4.78, 5) is 0. The highest BCUT2D eigenvalue weighted by Gasteiger charge is 2.16. The molecule has 4 heteroatoms. The lowest BCUT2D eigenvalue weighted by molar-refractivity contribution is 0.273. The van der Waals surface area contributed by atoms with Crippen LogP contribution in [0.25, 0.3) is 0 Å². The summed E-state index contributed by atoms with van der Waals surface area (Å²) < 4.78 is 11.2. The number of rotatable bonds is 5. The maximum absolute atomic E-state index is 5.60. The van der Waals surface area contributed by atoms with Crippen molar-refractivity contribution >= 4 is 18.3 Å². The van der Waals surface area contributed by atoms with Gasteiger partial charge in [-0.15, -0.1) is 0 Å². The Kier molecular flexibility index (Phi) is 6.06. The van der Waals surface area contributed by atoms with E-state index in [9.17, 15) is 0 Å². The predicted molar refractivity (Wildman–Crippen MR) is 68.7 cm³/mol. The molecule has 1 saturated carbocycles. The molecule has 0 spiro atoms. The zero-order valence-electron chi connectivity index (χ0n) is 9.70. The fourth-order valence-corrected chi connectivity index (χ4v) is 4.56. The average molecular weight is 248 g/mol. The topological polar surface area (TPSA) is 18.5 Å². The smallest absolute Gasteiger partial charge is 0.212 e. The first-order chi connectivity index (χ1) is 7.20. The van der Waals surface area contributed by atoms with Crippen molar-refractivity contribution in [1.29, 1.82) is 0 Å². The third-order valence-corrected chi connectivity index (χ3v) is 5.32. The van der Waals surface area contributed by atoms with Crippen molar-refractivity contribution in [3.05, 3.63) is 11.4 Å². The van der Waals surface area contributed by atoms with E-state index in [2.05, 4.69) is 5.82 Å². The van der Waals surface area contributed by atoms with Gasteiger partial charge in [-0.1, -0.05) is 12.0 Å². The number of hydrogen-bond donors (Lipinski definition) is 0. The molecule has 0 N–H and O–H groups in total. The van der Waals surface area contributed by atoms with Crippen LogP contribution in [0.1, 0.15) is 46.0 Å². The summed E-state index contributed by atoms with van der Waals surface area (Å²) in [6.07, 6.45) is 6.29. The van der Waals surface area contributed by atoms with Crippen molar-refractivity contribution in [1.82, 2.24) is 0 Å². The van der Waals surface area contributed by atoms with Gasteiger partial charge in [-0.25, -0.2) is 0 Å². The molecule has 1 fully saturated rings. The van der Waals surface area contributed by atoms with Gasteiger partial charge in [-0.3, -0.25) is 0 Å². The molecule has 0 atom stereocenters. The standard InChI is InChI=1S/C11H21O2PS/c1-3-12-14(15,13-4-2)10-11-8-6-5-7-9-11/h10H,3-9H2,1-2H3. The lowest BCUT2D eigenvalue weighted by Gasteiger charge is -2.21. The normalized spacial score (nSPS) is 17.9. The molecule has 0 heterocycles. The van der Waals surface area contributed by atoms with E-state index in [1.165, 1.54) is 37.7 Å². The Morgan fingerprint density at radius 3 is 2.13 bits per heavy atom. The fraction of sp³-hybridized carbons (Fsp3) is 0.818. The largest absolute Gasteiger partial charge is 0.327 e. The van der Waals surface area contributed by atoms with Crippen LogP contribution in [0.5, 0.6) is 0 Å². The predicted octanol–water partition coefficient (Wildman–Crippen LogP) is 4.22. The summed E-state index contributed by atoms with van der Waals surface area (Å²) in [5.41, 5.74) is 1.45. The van der Waals surface area contributed by atoms with Gasteiger partial charge < -0.3 is 9.05 Å². The summed E-state index contributed by atoms with van der Waals surface area (Å²) in [7, 11) is 0. The maximum atomic E-state index is 5.60. The molecule has 15 heavy (non-hydrogen) atoms. The van der Waals surface area contributed by atoms with E-state index in [-0.39, 0.29) is 0 Å². The molecule has 0 bridgehead atoms. The highest BCUT2D eigenvalue weighted by molar-refractivity contribution is 8.11. The van der Waals surface area contributed by atoms with Crippen LogP contribution in [0.15, 0.2) is 11.4 Å². The van der Waals surface area contributed by atoms with E-state index in [0.717, 1.165) is 0 Å². The van der Waals surface area contributed by atoms with Gasteiger partial charge >= 0.3 is 0 Å². The van der Waals surface area contributed by atoms with Gasteiger partial charge in [-0.2, -0.15) is 0 Å². The fourth-order valence-electron chi connectivity index (χ4n) is 1.83.